The molecule has 20 heavy (non-hydrogen) atoms. The highest BCUT2D eigenvalue weighted by Crippen LogP contribution is 2.30. The lowest BCUT2D eigenvalue weighted by Crippen LogP contribution is -2.25. The average Bonchev–Trinajstić information content (AvgIpc) is 3.01. The van der Waals surface area contributed by atoms with Gasteiger partial charge in [0, 0.05) is 31.4 Å². The molecule has 2 atom stereocenters. The Labute approximate surface area is 120 Å². The minimum absolute atomic E-state index is 0.123. The predicted molar refractivity (Wildman–Crippen MR) is 80.2 cm³/mol. The SMILES string of the molecule is CC(=O)N1CCc2cc(NCC3CCC(C)O3)ccc21. The van der Waals surface area contributed by atoms with Crippen LogP contribution in [0, 0.1) is 0 Å². The van der Waals surface area contributed by atoms with E-state index in [0.29, 0.717) is 12.2 Å². The van der Waals surface area contributed by atoms with Gasteiger partial charge in [0.2, 0.25) is 5.91 Å². The molecule has 4 nitrogen and oxygen atoms in total. The molecule has 1 N–H and O–H groups in total. The zero-order valence-electron chi connectivity index (χ0n) is 12.2. The molecule has 108 valence electrons. The Kier molecular flexibility index (Phi) is 3.66. The van der Waals surface area contributed by atoms with Crippen molar-refractivity contribution in [3.8, 4) is 0 Å². The fraction of sp³-hybridized carbons (Fsp3) is 0.562. The second-order valence-corrected chi connectivity index (χ2v) is 5.79. The minimum Gasteiger partial charge on any atom is -0.382 e. The smallest absolute Gasteiger partial charge is 0.223 e. The quantitative estimate of drug-likeness (QED) is 0.921. The van der Waals surface area contributed by atoms with E-state index in [1.807, 2.05) is 11.0 Å². The molecule has 1 fully saturated rings. The van der Waals surface area contributed by atoms with Crippen molar-refractivity contribution in [2.24, 2.45) is 0 Å². The van der Waals surface area contributed by atoms with Crippen molar-refractivity contribution in [3.05, 3.63) is 23.8 Å². The van der Waals surface area contributed by atoms with Crippen LogP contribution in [0.4, 0.5) is 11.4 Å². The molecule has 4 heteroatoms. The van der Waals surface area contributed by atoms with Crippen molar-refractivity contribution in [1.29, 1.82) is 0 Å². The molecular weight excluding hydrogens is 252 g/mol. The van der Waals surface area contributed by atoms with Gasteiger partial charge in [0.15, 0.2) is 0 Å². The normalized spacial score (nSPS) is 24.8. The highest BCUT2D eigenvalue weighted by atomic mass is 16.5. The highest BCUT2D eigenvalue weighted by molar-refractivity contribution is 5.94. The van der Waals surface area contributed by atoms with E-state index in [4.69, 9.17) is 4.74 Å². The first-order chi connectivity index (χ1) is 9.63. The molecule has 1 saturated heterocycles. The third kappa shape index (κ3) is 2.66. The molecule has 2 aliphatic heterocycles. The number of benzene rings is 1. The summed E-state index contributed by atoms with van der Waals surface area (Å²) < 4.78 is 5.81. The molecule has 0 spiro atoms. The molecule has 1 aromatic carbocycles. The van der Waals surface area contributed by atoms with Gasteiger partial charge in [-0.1, -0.05) is 0 Å². The predicted octanol–water partition coefficient (Wildman–Crippen LogP) is 2.58. The van der Waals surface area contributed by atoms with Crippen LogP contribution in [0.2, 0.25) is 0 Å². The summed E-state index contributed by atoms with van der Waals surface area (Å²) in [5, 5.41) is 3.45. The number of nitrogens with one attached hydrogen (secondary N) is 1. The summed E-state index contributed by atoms with van der Waals surface area (Å²) in [4.78, 5) is 13.4. The summed E-state index contributed by atoms with van der Waals surface area (Å²) in [6, 6.07) is 6.26. The van der Waals surface area contributed by atoms with Gasteiger partial charge < -0.3 is 15.0 Å². The molecule has 0 aromatic heterocycles. The fourth-order valence-electron chi connectivity index (χ4n) is 3.11. The Morgan fingerprint density at radius 2 is 2.30 bits per heavy atom. The monoisotopic (exact) mass is 274 g/mol. The average molecular weight is 274 g/mol. The Bertz CT molecular complexity index is 515. The Morgan fingerprint density at radius 1 is 1.45 bits per heavy atom. The number of anilines is 2. The van der Waals surface area contributed by atoms with Crippen LogP contribution in [-0.2, 0) is 16.0 Å². The summed E-state index contributed by atoms with van der Waals surface area (Å²) in [6.45, 7) is 5.42. The van der Waals surface area contributed by atoms with Crippen LogP contribution < -0.4 is 10.2 Å². The summed E-state index contributed by atoms with van der Waals surface area (Å²) in [7, 11) is 0. The van der Waals surface area contributed by atoms with Gasteiger partial charge in [-0.2, -0.15) is 0 Å². The van der Waals surface area contributed by atoms with Gasteiger partial charge in [-0.05, 0) is 49.9 Å². The van der Waals surface area contributed by atoms with E-state index in [9.17, 15) is 4.79 Å². The number of carbonyl (C=O) groups is 1. The lowest BCUT2D eigenvalue weighted by Gasteiger charge is -2.16. The van der Waals surface area contributed by atoms with Crippen LogP contribution in [0.15, 0.2) is 18.2 Å². The number of nitrogens with zero attached hydrogens (tertiary/aromatic N) is 1. The van der Waals surface area contributed by atoms with Crippen molar-refractivity contribution in [3.63, 3.8) is 0 Å². The van der Waals surface area contributed by atoms with Crippen molar-refractivity contribution < 1.29 is 9.53 Å². The number of carbonyl (C=O) groups excluding carboxylic acids is 1. The Hall–Kier alpha value is -1.55. The third-order valence-electron chi connectivity index (χ3n) is 4.21. The first-order valence-corrected chi connectivity index (χ1v) is 7.44. The minimum atomic E-state index is 0.123. The van der Waals surface area contributed by atoms with Crippen LogP contribution in [-0.4, -0.2) is 31.2 Å². The summed E-state index contributed by atoms with van der Waals surface area (Å²) in [6.07, 6.45) is 3.96. The molecular formula is C16H22N2O2. The Balaban J connectivity index is 1.63. The summed E-state index contributed by atoms with van der Waals surface area (Å²) in [5.41, 5.74) is 3.44. The largest absolute Gasteiger partial charge is 0.382 e. The molecule has 2 aliphatic rings. The topological polar surface area (TPSA) is 41.6 Å². The lowest BCUT2D eigenvalue weighted by atomic mass is 10.1. The van der Waals surface area contributed by atoms with E-state index < -0.39 is 0 Å². The van der Waals surface area contributed by atoms with Crippen LogP contribution >= 0.6 is 0 Å². The van der Waals surface area contributed by atoms with Crippen LogP contribution in [0.3, 0.4) is 0 Å². The first-order valence-electron chi connectivity index (χ1n) is 7.44. The number of hydrogen-bond acceptors (Lipinski definition) is 3. The van der Waals surface area contributed by atoms with E-state index in [1.54, 1.807) is 6.92 Å². The molecule has 0 bridgehead atoms. The van der Waals surface area contributed by atoms with E-state index >= 15 is 0 Å². The van der Waals surface area contributed by atoms with E-state index in [-0.39, 0.29) is 5.91 Å². The Morgan fingerprint density at radius 3 is 3.00 bits per heavy atom. The van der Waals surface area contributed by atoms with Gasteiger partial charge >= 0.3 is 0 Å². The molecule has 2 unspecified atom stereocenters. The first kappa shape index (κ1) is 13.4. The van der Waals surface area contributed by atoms with Gasteiger partial charge in [-0.15, -0.1) is 0 Å². The van der Waals surface area contributed by atoms with Crippen molar-refractivity contribution in [2.75, 3.05) is 23.3 Å². The van der Waals surface area contributed by atoms with Gasteiger partial charge in [0.25, 0.3) is 0 Å². The number of rotatable bonds is 3. The van der Waals surface area contributed by atoms with Crippen LogP contribution in [0.1, 0.15) is 32.3 Å². The maximum atomic E-state index is 11.5. The zero-order chi connectivity index (χ0) is 14.1. The van der Waals surface area contributed by atoms with E-state index in [1.165, 1.54) is 5.56 Å². The fourth-order valence-corrected chi connectivity index (χ4v) is 3.11. The lowest BCUT2D eigenvalue weighted by molar-refractivity contribution is -0.116. The second kappa shape index (κ2) is 5.44. The molecule has 2 heterocycles. The number of ether oxygens (including phenoxy) is 1. The second-order valence-electron chi connectivity index (χ2n) is 5.79. The van der Waals surface area contributed by atoms with Gasteiger partial charge in [-0.3, -0.25) is 4.79 Å². The molecule has 0 aliphatic carbocycles. The standard InChI is InChI=1S/C16H22N2O2/c1-11-3-5-15(20-11)10-17-14-4-6-16-13(9-14)7-8-18(16)12(2)19/h4,6,9,11,15,17H,3,5,7-8,10H2,1-2H3. The van der Waals surface area contributed by atoms with Gasteiger partial charge in [0.05, 0.1) is 12.2 Å². The maximum absolute atomic E-state index is 11.5. The van der Waals surface area contributed by atoms with Crippen molar-refractivity contribution in [2.45, 2.75) is 45.3 Å². The summed E-state index contributed by atoms with van der Waals surface area (Å²) >= 11 is 0. The van der Waals surface area contributed by atoms with Crippen LogP contribution in [0.5, 0.6) is 0 Å². The number of amides is 1. The highest BCUT2D eigenvalue weighted by Gasteiger charge is 2.23. The molecule has 3 rings (SSSR count). The number of hydrogen-bond donors (Lipinski definition) is 1. The van der Waals surface area contributed by atoms with Gasteiger partial charge in [0.1, 0.15) is 0 Å². The third-order valence-corrected chi connectivity index (χ3v) is 4.21. The molecule has 0 saturated carbocycles. The van der Waals surface area contributed by atoms with Crippen molar-refractivity contribution >= 4 is 17.3 Å². The molecule has 0 radical (unpaired) electrons. The van der Waals surface area contributed by atoms with Crippen LogP contribution in [0.25, 0.3) is 0 Å². The molecule has 1 amide bonds. The zero-order valence-corrected chi connectivity index (χ0v) is 12.2. The maximum Gasteiger partial charge on any atom is 0.223 e. The van der Waals surface area contributed by atoms with E-state index in [2.05, 4.69) is 24.4 Å². The molecule has 1 aromatic rings. The van der Waals surface area contributed by atoms with Gasteiger partial charge in [-0.25, -0.2) is 0 Å². The number of fused-ring (bicyclic) bond motifs is 1. The van der Waals surface area contributed by atoms with E-state index in [0.717, 1.165) is 43.7 Å². The van der Waals surface area contributed by atoms with Crippen molar-refractivity contribution in [1.82, 2.24) is 0 Å². The summed E-state index contributed by atoms with van der Waals surface area (Å²) in [5.74, 6) is 0.123.